The summed E-state index contributed by atoms with van der Waals surface area (Å²) in [5.41, 5.74) is 2.59. The number of aromatic nitrogens is 3. The van der Waals surface area contributed by atoms with Crippen molar-refractivity contribution in [2.24, 2.45) is 0 Å². The Kier molecular flexibility index (Phi) is 4.86. The summed E-state index contributed by atoms with van der Waals surface area (Å²) < 4.78 is 23.5. The van der Waals surface area contributed by atoms with Gasteiger partial charge < -0.3 is 14.2 Å². The van der Waals surface area contributed by atoms with Crippen molar-refractivity contribution in [2.45, 2.75) is 19.8 Å². The lowest BCUT2D eigenvalue weighted by atomic mass is 10.0. The molecule has 0 bridgehead atoms. The summed E-state index contributed by atoms with van der Waals surface area (Å²) in [6, 6.07) is 6.53. The summed E-state index contributed by atoms with van der Waals surface area (Å²) in [5.74, 6) is 0.313. The summed E-state index contributed by atoms with van der Waals surface area (Å²) in [6.45, 7) is 4.19. The van der Waals surface area contributed by atoms with Crippen LogP contribution in [0.4, 0.5) is 10.1 Å². The van der Waals surface area contributed by atoms with Crippen LogP contribution in [0.25, 0.3) is 16.6 Å². The quantitative estimate of drug-likeness (QED) is 0.375. The highest BCUT2D eigenvalue weighted by Crippen LogP contribution is 2.46. The second-order valence-corrected chi connectivity index (χ2v) is 8.51. The Bertz CT molecular complexity index is 1420. The maximum atomic E-state index is 15.5. The van der Waals surface area contributed by atoms with Crippen molar-refractivity contribution in [2.75, 3.05) is 18.5 Å². The molecule has 5 rings (SSSR count). The van der Waals surface area contributed by atoms with Crippen molar-refractivity contribution in [3.63, 3.8) is 0 Å². The molecule has 2 aromatic carbocycles. The highest BCUT2D eigenvalue weighted by atomic mass is 35.5. The Balaban J connectivity index is 1.71. The Morgan fingerprint density at radius 3 is 2.84 bits per heavy atom. The van der Waals surface area contributed by atoms with Crippen molar-refractivity contribution >= 4 is 28.2 Å². The molecule has 0 saturated heterocycles. The minimum atomic E-state index is -0.520. The van der Waals surface area contributed by atoms with E-state index in [0.717, 1.165) is 5.69 Å². The first-order chi connectivity index (χ1) is 15.3. The second-order valence-electron chi connectivity index (χ2n) is 8.07. The highest BCUT2D eigenvalue weighted by Gasteiger charge is 2.29. The van der Waals surface area contributed by atoms with Crippen LogP contribution in [0.3, 0.4) is 0 Å². The lowest BCUT2D eigenvalue weighted by Crippen LogP contribution is -2.26. The number of aryl methyl sites for hydroxylation is 1. The van der Waals surface area contributed by atoms with E-state index in [1.807, 2.05) is 11.5 Å². The van der Waals surface area contributed by atoms with Crippen LogP contribution in [-0.4, -0.2) is 28.1 Å². The van der Waals surface area contributed by atoms with Crippen LogP contribution in [0, 0.1) is 12.7 Å². The largest absolute Gasteiger partial charge is 0.451 e. The fraction of sp³-hybridized carbons (Fsp3) is 0.208. The SMILES string of the molecule is Cc1cn2c3c(c(N(C)CC(C)c4cnccn4)c(F)cc3c1=O)Oc1ccc(Cl)cc1-2. The molecular formula is C24H20ClFN4O2. The standard InChI is InChI=1S/C24H20ClFN4O2/c1-13(18-10-27-6-7-28-18)11-29(3)22-17(26)9-16-21-24(22)32-20-5-4-15(25)8-19(20)30(21)12-14(2)23(16)31/h4-10,12-13H,11H2,1-3H3. The van der Waals surface area contributed by atoms with E-state index < -0.39 is 5.82 Å². The van der Waals surface area contributed by atoms with Gasteiger partial charge in [0, 0.05) is 54.9 Å². The first kappa shape index (κ1) is 20.5. The predicted molar refractivity (Wildman–Crippen MR) is 123 cm³/mol. The molecule has 6 nitrogen and oxygen atoms in total. The van der Waals surface area contributed by atoms with Gasteiger partial charge in [-0.2, -0.15) is 0 Å². The number of fused-ring (bicyclic) bond motifs is 2. The molecule has 2 aromatic heterocycles. The van der Waals surface area contributed by atoms with Crippen LogP contribution < -0.4 is 15.1 Å². The average molecular weight is 451 g/mol. The molecule has 1 atom stereocenters. The molecule has 0 N–H and O–H groups in total. The third-order valence-corrected chi connectivity index (χ3v) is 5.99. The number of ether oxygens (including phenoxy) is 1. The maximum absolute atomic E-state index is 15.5. The Labute approximate surface area is 188 Å². The van der Waals surface area contributed by atoms with Crippen LogP contribution in [-0.2, 0) is 0 Å². The molecule has 4 aromatic rings. The van der Waals surface area contributed by atoms with Gasteiger partial charge in [-0.1, -0.05) is 18.5 Å². The Hall–Kier alpha value is -3.45. The van der Waals surface area contributed by atoms with Crippen LogP contribution in [0.1, 0.15) is 24.1 Å². The third-order valence-electron chi connectivity index (χ3n) is 5.76. The van der Waals surface area contributed by atoms with Gasteiger partial charge in [0.05, 0.1) is 16.8 Å². The smallest absolute Gasteiger partial charge is 0.192 e. The number of nitrogens with zero attached hydrogens (tertiary/aromatic N) is 4. The van der Waals surface area contributed by atoms with Crippen LogP contribution in [0.5, 0.6) is 11.5 Å². The zero-order chi connectivity index (χ0) is 22.6. The fourth-order valence-corrected chi connectivity index (χ4v) is 4.39. The lowest BCUT2D eigenvalue weighted by Gasteiger charge is -2.30. The zero-order valence-corrected chi connectivity index (χ0v) is 18.5. The van der Waals surface area contributed by atoms with E-state index in [-0.39, 0.29) is 22.4 Å². The van der Waals surface area contributed by atoms with Gasteiger partial charge in [-0.05, 0) is 31.2 Å². The molecule has 0 radical (unpaired) electrons. The van der Waals surface area contributed by atoms with E-state index in [0.29, 0.717) is 39.8 Å². The molecule has 0 spiro atoms. The second kappa shape index (κ2) is 7.60. The van der Waals surface area contributed by atoms with Crippen molar-refractivity contribution in [1.29, 1.82) is 0 Å². The summed E-state index contributed by atoms with van der Waals surface area (Å²) in [4.78, 5) is 23.1. The molecule has 3 heterocycles. The molecular weight excluding hydrogens is 431 g/mol. The first-order valence-electron chi connectivity index (χ1n) is 10.2. The van der Waals surface area contributed by atoms with E-state index in [2.05, 4.69) is 9.97 Å². The van der Waals surface area contributed by atoms with Crippen molar-refractivity contribution < 1.29 is 9.13 Å². The molecule has 162 valence electrons. The Morgan fingerprint density at radius 1 is 1.28 bits per heavy atom. The summed E-state index contributed by atoms with van der Waals surface area (Å²) in [7, 11) is 1.80. The van der Waals surface area contributed by atoms with E-state index in [9.17, 15) is 4.79 Å². The van der Waals surface area contributed by atoms with Crippen LogP contribution in [0.15, 0.2) is 53.8 Å². The number of likely N-dealkylation sites (N-methyl/N-ethyl adjacent to an activating group) is 1. The molecule has 1 aliphatic heterocycles. The van der Waals surface area contributed by atoms with E-state index in [1.165, 1.54) is 6.07 Å². The average Bonchev–Trinajstić information content (AvgIpc) is 2.77. The summed E-state index contributed by atoms with van der Waals surface area (Å²) in [5, 5.41) is 0.805. The van der Waals surface area contributed by atoms with Gasteiger partial charge in [0.25, 0.3) is 0 Å². The number of rotatable bonds is 4. The topological polar surface area (TPSA) is 60.2 Å². The first-order valence-corrected chi connectivity index (χ1v) is 10.6. The monoisotopic (exact) mass is 450 g/mol. The van der Waals surface area contributed by atoms with E-state index >= 15 is 4.39 Å². The summed E-state index contributed by atoms with van der Waals surface area (Å²) >= 11 is 6.22. The minimum Gasteiger partial charge on any atom is -0.451 e. The number of pyridine rings is 1. The molecule has 0 aliphatic carbocycles. The van der Waals surface area contributed by atoms with Gasteiger partial charge in [0.2, 0.25) is 0 Å². The van der Waals surface area contributed by atoms with Crippen molar-refractivity contribution in [3.8, 4) is 17.2 Å². The number of hydrogen-bond acceptors (Lipinski definition) is 5. The van der Waals surface area contributed by atoms with E-state index in [1.54, 1.807) is 61.9 Å². The lowest BCUT2D eigenvalue weighted by molar-refractivity contribution is 0.468. The third kappa shape index (κ3) is 3.20. The molecule has 8 heteroatoms. The van der Waals surface area contributed by atoms with Crippen LogP contribution in [0.2, 0.25) is 5.02 Å². The Morgan fingerprint density at radius 2 is 2.09 bits per heavy atom. The van der Waals surface area contributed by atoms with Crippen LogP contribution >= 0.6 is 11.6 Å². The van der Waals surface area contributed by atoms with Gasteiger partial charge in [-0.25, -0.2) is 4.39 Å². The number of halogens is 2. The summed E-state index contributed by atoms with van der Waals surface area (Å²) in [6.07, 6.45) is 6.70. The molecule has 1 unspecified atom stereocenters. The number of benzene rings is 2. The molecule has 0 fully saturated rings. The highest BCUT2D eigenvalue weighted by molar-refractivity contribution is 6.30. The van der Waals surface area contributed by atoms with Crippen molar-refractivity contribution in [1.82, 2.24) is 14.5 Å². The van der Waals surface area contributed by atoms with Gasteiger partial charge in [-0.15, -0.1) is 0 Å². The van der Waals surface area contributed by atoms with Gasteiger partial charge in [-0.3, -0.25) is 14.8 Å². The fourth-order valence-electron chi connectivity index (χ4n) is 4.23. The number of anilines is 1. The number of hydrogen-bond donors (Lipinski definition) is 0. The van der Waals surface area contributed by atoms with Crippen molar-refractivity contribution in [3.05, 3.63) is 81.4 Å². The predicted octanol–water partition coefficient (Wildman–Crippen LogP) is 5.23. The van der Waals surface area contributed by atoms with Gasteiger partial charge >= 0.3 is 0 Å². The molecule has 0 amide bonds. The van der Waals surface area contributed by atoms with Gasteiger partial charge in [0.15, 0.2) is 22.7 Å². The molecule has 32 heavy (non-hydrogen) atoms. The minimum absolute atomic E-state index is 0.00843. The normalized spacial score (nSPS) is 12.9. The van der Waals surface area contributed by atoms with E-state index in [4.69, 9.17) is 16.3 Å². The maximum Gasteiger partial charge on any atom is 0.192 e. The molecule has 1 aliphatic rings. The molecule has 0 saturated carbocycles. The van der Waals surface area contributed by atoms with Gasteiger partial charge in [0.1, 0.15) is 11.2 Å². The zero-order valence-electron chi connectivity index (χ0n) is 17.8.